The van der Waals surface area contributed by atoms with Crippen molar-refractivity contribution < 1.29 is 8.42 Å². The lowest BCUT2D eigenvalue weighted by Gasteiger charge is -2.08. The van der Waals surface area contributed by atoms with E-state index in [1.165, 1.54) is 17.4 Å². The molecule has 2 aromatic rings. The van der Waals surface area contributed by atoms with E-state index in [1.54, 1.807) is 23.8 Å². The number of hydrogen-bond acceptors (Lipinski definition) is 5. The Labute approximate surface area is 117 Å². The Kier molecular flexibility index (Phi) is 4.00. The zero-order valence-corrected chi connectivity index (χ0v) is 12.3. The summed E-state index contributed by atoms with van der Waals surface area (Å²) in [6.45, 7) is 0.217. The zero-order valence-electron chi connectivity index (χ0n) is 9.13. The van der Waals surface area contributed by atoms with Gasteiger partial charge in [-0.2, -0.15) is 0 Å². The normalized spacial score (nSPS) is 11.6. The number of nitrogens with one attached hydrogen (secondary N) is 1. The van der Waals surface area contributed by atoms with Crippen LogP contribution in [0.4, 0.5) is 5.69 Å². The molecule has 0 unspecified atom stereocenters. The molecule has 0 spiro atoms. The van der Waals surface area contributed by atoms with Crippen LogP contribution in [0.1, 0.15) is 4.88 Å². The molecule has 0 aliphatic heterocycles. The highest BCUT2D eigenvalue weighted by Crippen LogP contribution is 2.24. The minimum absolute atomic E-state index is 0.131. The Morgan fingerprint density at radius 3 is 2.89 bits per heavy atom. The van der Waals surface area contributed by atoms with Crippen molar-refractivity contribution in [1.29, 1.82) is 0 Å². The molecule has 8 heteroatoms. The molecule has 0 radical (unpaired) electrons. The quantitative estimate of drug-likeness (QED) is 0.828. The lowest BCUT2D eigenvalue weighted by atomic mass is 10.3. The fraction of sp³-hybridized carbons (Fsp3) is 0.100. The van der Waals surface area contributed by atoms with Gasteiger partial charge >= 0.3 is 0 Å². The second kappa shape index (κ2) is 5.35. The summed E-state index contributed by atoms with van der Waals surface area (Å²) in [7, 11) is -3.59. The van der Waals surface area contributed by atoms with E-state index >= 15 is 0 Å². The van der Waals surface area contributed by atoms with E-state index in [9.17, 15) is 8.42 Å². The van der Waals surface area contributed by atoms with Gasteiger partial charge in [-0.25, -0.2) is 13.1 Å². The number of thiazole rings is 1. The predicted molar refractivity (Wildman–Crippen MR) is 74.7 cm³/mol. The molecule has 1 aromatic heterocycles. The van der Waals surface area contributed by atoms with Crippen LogP contribution in [-0.2, 0) is 16.6 Å². The lowest BCUT2D eigenvalue weighted by Crippen LogP contribution is -2.23. The van der Waals surface area contributed by atoms with Gasteiger partial charge in [0, 0.05) is 27.8 Å². The molecular formula is C10H10BrN3O2S2. The smallest absolute Gasteiger partial charge is 0.242 e. The molecule has 18 heavy (non-hydrogen) atoms. The number of nitrogens with two attached hydrogens (primary N) is 1. The predicted octanol–water partition coefficient (Wildman–Crippen LogP) is 1.97. The van der Waals surface area contributed by atoms with Crippen LogP contribution in [0.3, 0.4) is 0 Å². The van der Waals surface area contributed by atoms with Gasteiger partial charge in [0.25, 0.3) is 0 Å². The van der Waals surface area contributed by atoms with Crippen molar-refractivity contribution in [3.8, 4) is 0 Å². The third kappa shape index (κ3) is 3.08. The van der Waals surface area contributed by atoms with Crippen LogP contribution in [-0.4, -0.2) is 13.4 Å². The van der Waals surface area contributed by atoms with Gasteiger partial charge in [-0.1, -0.05) is 0 Å². The Balaban J connectivity index is 2.22. The number of nitrogen functional groups attached to an aromatic ring is 1. The summed E-state index contributed by atoms with van der Waals surface area (Å²) in [5.74, 6) is 0. The first kappa shape index (κ1) is 13.5. The summed E-state index contributed by atoms with van der Waals surface area (Å²) in [6.07, 6.45) is 1.63. The third-order valence-electron chi connectivity index (χ3n) is 2.16. The van der Waals surface area contributed by atoms with E-state index in [4.69, 9.17) is 5.73 Å². The summed E-state index contributed by atoms with van der Waals surface area (Å²) < 4.78 is 27.2. The summed E-state index contributed by atoms with van der Waals surface area (Å²) in [5.41, 5.74) is 7.65. The highest BCUT2D eigenvalue weighted by atomic mass is 79.9. The highest BCUT2D eigenvalue weighted by molar-refractivity contribution is 9.10. The monoisotopic (exact) mass is 347 g/mol. The molecule has 0 atom stereocenters. The van der Waals surface area contributed by atoms with Crippen molar-refractivity contribution in [2.75, 3.05) is 5.73 Å². The Bertz CT molecular complexity index is 641. The van der Waals surface area contributed by atoms with Gasteiger partial charge in [0.2, 0.25) is 10.0 Å². The van der Waals surface area contributed by atoms with E-state index in [-0.39, 0.29) is 11.4 Å². The SMILES string of the molecule is Nc1ccc(Br)c(S(=O)(=O)NCc2cncs2)c1. The topological polar surface area (TPSA) is 85.1 Å². The molecule has 0 aliphatic rings. The first-order valence-corrected chi connectivity index (χ1v) is 8.07. The van der Waals surface area contributed by atoms with Gasteiger partial charge in [-0.05, 0) is 34.1 Å². The molecule has 0 amide bonds. The second-order valence-electron chi connectivity index (χ2n) is 3.48. The van der Waals surface area contributed by atoms with E-state index in [0.717, 1.165) is 4.88 Å². The average molecular weight is 348 g/mol. The van der Waals surface area contributed by atoms with Gasteiger partial charge in [-0.15, -0.1) is 11.3 Å². The summed E-state index contributed by atoms with van der Waals surface area (Å²) in [4.78, 5) is 4.86. The average Bonchev–Trinajstić information content (AvgIpc) is 2.83. The molecule has 2 rings (SSSR count). The molecule has 0 saturated carbocycles. The molecule has 1 aromatic carbocycles. The molecule has 3 N–H and O–H groups in total. The van der Waals surface area contributed by atoms with Crippen molar-refractivity contribution >= 4 is 43.0 Å². The second-order valence-corrected chi connectivity index (χ2v) is 7.04. The summed E-state index contributed by atoms with van der Waals surface area (Å²) in [5, 5.41) is 0. The molecule has 0 saturated heterocycles. The van der Waals surface area contributed by atoms with Gasteiger partial charge in [0.1, 0.15) is 0 Å². The van der Waals surface area contributed by atoms with Crippen molar-refractivity contribution in [3.05, 3.63) is 39.3 Å². The van der Waals surface area contributed by atoms with Crippen molar-refractivity contribution in [1.82, 2.24) is 9.71 Å². The van der Waals surface area contributed by atoms with Crippen molar-refractivity contribution in [2.24, 2.45) is 0 Å². The minimum atomic E-state index is -3.59. The molecule has 0 aliphatic carbocycles. The Morgan fingerprint density at radius 1 is 1.44 bits per heavy atom. The maximum Gasteiger partial charge on any atom is 0.242 e. The van der Waals surface area contributed by atoms with E-state index < -0.39 is 10.0 Å². The number of benzene rings is 1. The minimum Gasteiger partial charge on any atom is -0.399 e. The number of nitrogens with zero attached hydrogens (tertiary/aromatic N) is 1. The van der Waals surface area contributed by atoms with Gasteiger partial charge in [-0.3, -0.25) is 4.98 Å². The maximum absolute atomic E-state index is 12.1. The van der Waals surface area contributed by atoms with Crippen LogP contribution >= 0.6 is 27.3 Å². The van der Waals surface area contributed by atoms with Crippen LogP contribution in [0.25, 0.3) is 0 Å². The van der Waals surface area contributed by atoms with Crippen LogP contribution in [0, 0.1) is 0 Å². The molecule has 5 nitrogen and oxygen atoms in total. The molecule has 1 heterocycles. The third-order valence-corrected chi connectivity index (χ3v) is 5.34. The summed E-state index contributed by atoms with van der Waals surface area (Å²) in [6, 6.07) is 4.65. The molecule has 0 bridgehead atoms. The number of rotatable bonds is 4. The molecule has 96 valence electrons. The molecular weight excluding hydrogens is 338 g/mol. The molecule has 0 fully saturated rings. The fourth-order valence-electron chi connectivity index (χ4n) is 1.30. The van der Waals surface area contributed by atoms with Crippen molar-refractivity contribution in [2.45, 2.75) is 11.4 Å². The number of sulfonamides is 1. The number of aromatic nitrogens is 1. The standard InChI is InChI=1S/C10H10BrN3O2S2/c11-9-2-1-7(12)3-10(9)18(15,16)14-5-8-4-13-6-17-8/h1-4,6,14H,5,12H2. The van der Waals surface area contributed by atoms with Crippen LogP contribution in [0.15, 0.2) is 39.3 Å². The lowest BCUT2D eigenvalue weighted by molar-refractivity contribution is 0.581. The van der Waals surface area contributed by atoms with Crippen LogP contribution in [0.5, 0.6) is 0 Å². The number of hydrogen-bond donors (Lipinski definition) is 2. The Morgan fingerprint density at radius 2 is 2.22 bits per heavy atom. The largest absolute Gasteiger partial charge is 0.399 e. The summed E-state index contributed by atoms with van der Waals surface area (Å²) >= 11 is 4.59. The first-order valence-electron chi connectivity index (χ1n) is 4.91. The number of halogens is 1. The van der Waals surface area contributed by atoms with E-state index in [2.05, 4.69) is 25.6 Å². The Hall–Kier alpha value is -0.960. The van der Waals surface area contributed by atoms with Gasteiger partial charge in [0.05, 0.1) is 10.4 Å². The first-order chi connectivity index (χ1) is 8.49. The van der Waals surface area contributed by atoms with Crippen molar-refractivity contribution in [3.63, 3.8) is 0 Å². The zero-order chi connectivity index (χ0) is 13.2. The maximum atomic E-state index is 12.1. The van der Waals surface area contributed by atoms with E-state index in [1.807, 2.05) is 0 Å². The van der Waals surface area contributed by atoms with Crippen LogP contribution < -0.4 is 10.5 Å². The highest BCUT2D eigenvalue weighted by Gasteiger charge is 2.17. The van der Waals surface area contributed by atoms with Crippen LogP contribution in [0.2, 0.25) is 0 Å². The fourth-order valence-corrected chi connectivity index (χ4v) is 3.93. The van der Waals surface area contributed by atoms with Gasteiger partial charge < -0.3 is 5.73 Å². The number of anilines is 1. The van der Waals surface area contributed by atoms with Gasteiger partial charge in [0.15, 0.2) is 0 Å². The van der Waals surface area contributed by atoms with E-state index in [0.29, 0.717) is 10.2 Å².